The Morgan fingerprint density at radius 3 is 0.375 bits per heavy atom. The molecule has 0 saturated heterocycles. The van der Waals surface area contributed by atoms with Gasteiger partial charge >= 0.3 is 7.13 Å². The van der Waals surface area contributed by atoms with E-state index in [2.05, 4.69) is 0 Å². The molecule has 0 amide bonds. The molecule has 0 aromatic heterocycles. The molecule has 0 fully saturated rings. The van der Waals surface area contributed by atoms with Crippen LogP contribution in [-0.4, -0.2) is 53.0 Å². The summed E-state index contributed by atoms with van der Waals surface area (Å²) in [6, 6.07) is 0. The van der Waals surface area contributed by atoms with Crippen molar-refractivity contribution in [1.82, 2.24) is 0 Å². The molecule has 260 valence electrons. The minimum atomic E-state index is 0. The first-order valence-electron chi connectivity index (χ1n) is 1.63. The van der Waals surface area contributed by atoms with E-state index in [9.17, 15) is 0 Å². The van der Waals surface area contributed by atoms with Crippen LogP contribution in [0.25, 0.3) is 0 Å². The van der Waals surface area contributed by atoms with Crippen LogP contribution >= 0.6 is 0 Å². The average Bonchev–Trinajstić information content (AvgIpc) is 2.63. The molecule has 0 aliphatic rings. The van der Waals surface area contributed by atoms with Gasteiger partial charge in [0.05, 0.1) is 0 Å². The van der Waals surface area contributed by atoms with Gasteiger partial charge in [-0.25, -0.2) is 0 Å². The highest BCUT2D eigenvalue weighted by Gasteiger charge is 0.748. The van der Waals surface area contributed by atoms with Gasteiger partial charge in [0.15, 0.2) is 0 Å². The van der Waals surface area contributed by atoms with E-state index in [1.807, 2.05) is 0 Å². The molecule has 0 aromatic carbocycles. The predicted octanol–water partition coefficient (Wildman–Crippen LogP) is 6.15. The molecular weight excluding hydrogens is 464 g/mol. The quantitative estimate of drug-likeness (QED) is 0.120. The molecule has 0 aromatic rings. The van der Waals surface area contributed by atoms with E-state index in [0.29, 0.717) is 0 Å². The Morgan fingerprint density at radius 1 is 0.375 bits per heavy atom. The maximum Gasteiger partial charge on any atom is 1.00 e. The van der Waals surface area contributed by atoms with Crippen LogP contribution in [0, 0.1) is 29.8 Å². The highest BCUT2D eigenvalue weighted by Crippen LogP contribution is 0.746. The van der Waals surface area contributed by atoms with E-state index in [4.69, 9.17) is 92.9 Å². The third-order valence-electron chi connectivity index (χ3n) is 0. The zero-order chi connectivity index (χ0) is 18.0. The molecule has 11 N–H and O–H groups in total. The topological polar surface area (TPSA) is 418 Å². The molecule has 20 heteroatoms. The first kappa shape index (κ1) is 493. The Kier molecular flexibility index (Phi) is 116000. The number of hydrogen-bond donors (Lipinski definition) is 8. The van der Waals surface area contributed by atoms with E-state index in [0.717, 1.165) is 0 Å². The lowest BCUT2D eigenvalue weighted by Crippen LogP contribution is -1.84. The van der Waals surface area contributed by atoms with Gasteiger partial charge in [-0.05, 0) is 0 Å². The Bertz CT molecular complexity index is 83.9. The summed E-state index contributed by atoms with van der Waals surface area (Å²) in [4.78, 5) is 42.0. The molecule has 0 spiro atoms. The van der Waals surface area contributed by atoms with Crippen molar-refractivity contribution in [3.63, 3.8) is 0 Å². The van der Waals surface area contributed by atoms with Crippen molar-refractivity contribution < 1.29 is 101 Å². The van der Waals surface area contributed by atoms with E-state index in [1.54, 1.807) is 0 Å². The third-order valence-corrected chi connectivity index (χ3v) is 0. The van der Waals surface area contributed by atoms with Crippen molar-refractivity contribution in [1.29, 1.82) is 0 Å². The summed E-state index contributed by atoms with van der Waals surface area (Å²) in [5.74, 6) is 0. The first-order chi connectivity index (χ1) is 9.00. The molecule has 0 rings (SSSR count). The normalized spacial score (nSPS) is 1.50. The molecule has 0 radical (unpaired) electrons. The van der Waals surface area contributed by atoms with Crippen molar-refractivity contribution in [3.05, 3.63) is 29.8 Å². The zero-order valence-electron chi connectivity index (χ0n) is 13.6. The smallest absolute Gasteiger partial charge is 0.870 e. The van der Waals surface area contributed by atoms with Crippen LogP contribution in [-0.2, 0) is 0 Å². The number of hydrogen-bond acceptors (Lipinski definition) is 19. The van der Waals surface area contributed by atoms with Crippen LogP contribution in [0.4, 0.5) is 0 Å². The summed E-state index contributed by atoms with van der Waals surface area (Å²) < 4.78 is 0. The molecule has 32 heavy (non-hydrogen) atoms. The maximum absolute atomic E-state index is 7.25. The zero-order valence-corrected chi connectivity index (χ0v) is 8.61. The Labute approximate surface area is 222 Å². The molecule has 0 heterocycles. The van der Waals surface area contributed by atoms with Gasteiger partial charge in [0.1, 0.15) is 0 Å². The van der Waals surface area contributed by atoms with Crippen LogP contribution in [0.15, 0.2) is 0 Å². The third kappa shape index (κ3) is 6760. The Morgan fingerprint density at radius 2 is 0.375 bits per heavy atom. The Balaban J connectivity index is -0.000000000413. The van der Waals surface area contributed by atoms with Gasteiger partial charge < -0.3 is 53.0 Å². The van der Waals surface area contributed by atoms with E-state index in [1.165, 1.54) is 0 Å². The summed E-state index contributed by atoms with van der Waals surface area (Å²) in [5, 5.41) is 76.0. The fraction of sp³-hybridized carbons (Fsp3) is 1.00. The molecule has 0 bridgehead atoms. The monoisotopic (exact) mass is 567 g/mol. The first-order valence-corrected chi connectivity index (χ1v) is 1.63. The van der Waals surface area contributed by atoms with Gasteiger partial charge in [-0.3, -0.25) is 21.0 Å². The summed E-state index contributed by atoms with van der Waals surface area (Å²) in [5.41, 5.74) is 0. The van der Waals surface area contributed by atoms with Crippen LogP contribution in [0.3, 0.4) is 0 Å². The van der Waals surface area contributed by atoms with Gasteiger partial charge in [0.25, 0.3) is 0 Å². The second-order valence-electron chi connectivity index (χ2n) is 0. The van der Waals surface area contributed by atoms with Crippen LogP contribution in [0.5, 0.6) is 0 Å². The van der Waals surface area contributed by atoms with Crippen LogP contribution < -0.4 is 21.0 Å². The van der Waals surface area contributed by atoms with Gasteiger partial charge in [-0.15, -0.1) is 0 Å². The maximum atomic E-state index is 7.25. The summed E-state index contributed by atoms with van der Waals surface area (Å²) in [7, 11) is 0. The summed E-state index contributed by atoms with van der Waals surface area (Å²) in [6.07, 6.45) is 0. The predicted molar refractivity (Wildman–Crippen MR) is 163 cm³/mol. The van der Waals surface area contributed by atoms with Crippen LogP contribution in [0.2, 0.25) is 0 Å². The molecule has 0 saturated carbocycles. The van der Waals surface area contributed by atoms with Gasteiger partial charge in [0.2, 0.25) is 0 Å². The molecule has 0 atom stereocenters. The summed E-state index contributed by atoms with van der Waals surface area (Å²) >= 11 is 0. The van der Waals surface area contributed by atoms with Crippen molar-refractivity contribution in [2.75, 3.05) is 0 Å². The molecule has 20 nitrogen and oxygen atoms in total. The lowest BCUT2D eigenvalue weighted by molar-refractivity contribution is -0.670. The summed E-state index contributed by atoms with van der Waals surface area (Å²) in [6.45, 7) is 0. The largest absolute Gasteiger partial charge is 1.00 e. The van der Waals surface area contributed by atoms with Gasteiger partial charge in [0, 0.05) is 49.8 Å². The van der Waals surface area contributed by atoms with Crippen LogP contribution in [0.1, 0.15) is 116 Å². The van der Waals surface area contributed by atoms with E-state index < -0.39 is 0 Å². The minimum absolute atomic E-state index is 0. The highest BCUT2D eigenvalue weighted by atomic mass is 17.0. The number of rotatable bonds is 0. The average molecular weight is 567 g/mol. The molecule has 0 unspecified atom stereocenters. The van der Waals surface area contributed by atoms with Gasteiger partial charge in [-0.1, -0.05) is 89.1 Å². The SMILES string of the molecule is C.C.C.C.C.C.C.C.C.C.C.C.O.O=O.O=O.O=O.OO.OO.[2HH].[2HH].[2HH].[2HH].[2HH].[2HH].[2HH].[2HH].[2HH].[2HH].[H+].[H+].[H+].[H+].[H+].[HH].[HH].[HH].[HH].[O-]O.[O-]O.[O-]O.[O-]O.[OH-]. The van der Waals surface area contributed by atoms with Crippen molar-refractivity contribution in [2.24, 2.45) is 0 Å². The van der Waals surface area contributed by atoms with Crippen molar-refractivity contribution in [2.45, 2.75) is 89.1 Å². The molecular formula is C12H92O20. The standard InChI is InChI=1S/12CH4.6H2O2.3O2.2H2O.14H2/c;;;;;;;;;;;;9*1-2;;;;;;;;;;;;;;;;/h12*1H4;6*1-2H;;;;2*1H2;14*1H/i;;;;;;;;;;;;;;;;;;;;;;;10*1+1;;;;. The van der Waals surface area contributed by atoms with Crippen molar-refractivity contribution in [3.8, 4) is 0 Å². The lowest BCUT2D eigenvalue weighted by atomic mass is 12.0. The molecule has 0 aliphatic heterocycles. The molecule has 0 aliphatic carbocycles. The Hall–Kier alpha value is -1.76. The van der Waals surface area contributed by atoms with E-state index >= 15 is 0 Å². The van der Waals surface area contributed by atoms with Gasteiger partial charge in [-0.2, -0.15) is 0 Å². The second kappa shape index (κ2) is 7530. The van der Waals surface area contributed by atoms with Crippen molar-refractivity contribution >= 4 is 0 Å². The fourth-order valence-electron chi connectivity index (χ4n) is 0. The second-order valence-corrected chi connectivity index (χ2v) is 0. The fourth-order valence-corrected chi connectivity index (χ4v) is 0. The van der Waals surface area contributed by atoms with E-state index in [-0.39, 0.29) is 127 Å². The lowest BCUT2D eigenvalue weighted by Gasteiger charge is -1.61. The highest BCUT2D eigenvalue weighted by molar-refractivity contribution is 4.08. The minimum Gasteiger partial charge on any atom is -0.870 e.